The topological polar surface area (TPSA) is 75.5 Å². The van der Waals surface area contributed by atoms with Crippen LogP contribution < -0.4 is 4.90 Å². The lowest BCUT2D eigenvalue weighted by molar-refractivity contribution is 0.0605. The standard InChI is InChI=1S/C17H21N3O3S/c1-8-13-15(20-10-4-5-11(20)7-12(21)6-10)18-9(2)19-16(13)24-14(8)17(22)23-3/h10-12,21H,4-7H2,1-3H3. The van der Waals surface area contributed by atoms with Crippen LogP contribution in [0, 0.1) is 13.8 Å². The third-order valence-electron chi connectivity index (χ3n) is 5.21. The lowest BCUT2D eigenvalue weighted by Crippen LogP contribution is -2.45. The predicted molar refractivity (Wildman–Crippen MR) is 92.8 cm³/mol. The van der Waals surface area contributed by atoms with E-state index in [9.17, 15) is 9.90 Å². The fourth-order valence-electron chi connectivity index (χ4n) is 4.19. The Hall–Kier alpha value is -1.73. The van der Waals surface area contributed by atoms with Crippen LogP contribution >= 0.6 is 11.3 Å². The summed E-state index contributed by atoms with van der Waals surface area (Å²) in [7, 11) is 1.40. The molecule has 2 fully saturated rings. The van der Waals surface area contributed by atoms with E-state index in [0.29, 0.717) is 22.8 Å². The van der Waals surface area contributed by atoms with Gasteiger partial charge in [-0.3, -0.25) is 0 Å². The van der Waals surface area contributed by atoms with Crippen LogP contribution in [0.4, 0.5) is 5.82 Å². The van der Waals surface area contributed by atoms with E-state index in [1.165, 1.54) is 18.4 Å². The van der Waals surface area contributed by atoms with Crippen molar-refractivity contribution in [2.24, 2.45) is 0 Å². The third-order valence-corrected chi connectivity index (χ3v) is 6.37. The first-order valence-corrected chi connectivity index (χ1v) is 9.13. The van der Waals surface area contributed by atoms with E-state index in [1.807, 2.05) is 13.8 Å². The summed E-state index contributed by atoms with van der Waals surface area (Å²) in [5, 5.41) is 11.0. The van der Waals surface area contributed by atoms with Crippen LogP contribution in [0.2, 0.25) is 0 Å². The number of aliphatic hydroxyl groups excluding tert-OH is 1. The number of ether oxygens (including phenoxy) is 1. The van der Waals surface area contributed by atoms with Crippen molar-refractivity contribution >= 4 is 33.3 Å². The summed E-state index contributed by atoms with van der Waals surface area (Å²) in [5.74, 6) is 1.30. The number of aliphatic hydroxyl groups is 1. The smallest absolute Gasteiger partial charge is 0.348 e. The molecule has 0 spiro atoms. The fraction of sp³-hybridized carbons (Fsp3) is 0.588. The molecule has 2 aromatic heterocycles. The van der Waals surface area contributed by atoms with Gasteiger partial charge in [-0.1, -0.05) is 0 Å². The molecule has 7 heteroatoms. The van der Waals surface area contributed by atoms with E-state index < -0.39 is 0 Å². The minimum atomic E-state index is -0.323. The van der Waals surface area contributed by atoms with Gasteiger partial charge in [0.15, 0.2) is 0 Å². The monoisotopic (exact) mass is 347 g/mol. The number of nitrogens with zero attached hydrogens (tertiary/aromatic N) is 3. The first kappa shape index (κ1) is 15.8. The quantitative estimate of drug-likeness (QED) is 0.842. The summed E-state index contributed by atoms with van der Waals surface area (Å²) in [6.45, 7) is 3.82. The Morgan fingerprint density at radius 2 is 1.92 bits per heavy atom. The van der Waals surface area contributed by atoms with E-state index >= 15 is 0 Å². The summed E-state index contributed by atoms with van der Waals surface area (Å²) in [5.41, 5.74) is 0.891. The van der Waals surface area contributed by atoms with E-state index in [1.54, 1.807) is 0 Å². The molecule has 4 heterocycles. The fourth-order valence-corrected chi connectivity index (χ4v) is 5.33. The normalized spacial score (nSPS) is 26.2. The van der Waals surface area contributed by atoms with Gasteiger partial charge in [0.25, 0.3) is 0 Å². The zero-order valence-corrected chi connectivity index (χ0v) is 14.9. The Balaban J connectivity index is 1.89. The number of thiophene rings is 1. The highest BCUT2D eigenvalue weighted by Gasteiger charge is 2.42. The molecule has 2 unspecified atom stereocenters. The van der Waals surface area contributed by atoms with E-state index in [0.717, 1.165) is 47.3 Å². The third kappa shape index (κ3) is 2.29. The molecular weight excluding hydrogens is 326 g/mol. The van der Waals surface area contributed by atoms with Crippen molar-refractivity contribution in [2.75, 3.05) is 12.0 Å². The van der Waals surface area contributed by atoms with E-state index in [-0.39, 0.29) is 12.1 Å². The van der Waals surface area contributed by atoms with Gasteiger partial charge >= 0.3 is 5.97 Å². The molecule has 0 saturated carbocycles. The van der Waals surface area contributed by atoms with Crippen LogP contribution in [0.25, 0.3) is 10.2 Å². The van der Waals surface area contributed by atoms with Crippen LogP contribution in [0.3, 0.4) is 0 Å². The molecule has 0 radical (unpaired) electrons. The van der Waals surface area contributed by atoms with Gasteiger partial charge in [-0.05, 0) is 45.1 Å². The number of esters is 1. The highest BCUT2D eigenvalue weighted by molar-refractivity contribution is 7.20. The molecule has 2 aliphatic heterocycles. The average Bonchev–Trinajstić information content (AvgIpc) is 3.01. The minimum absolute atomic E-state index is 0.216. The van der Waals surface area contributed by atoms with E-state index in [2.05, 4.69) is 9.88 Å². The van der Waals surface area contributed by atoms with Crippen LogP contribution in [-0.2, 0) is 4.74 Å². The molecular formula is C17H21N3O3S. The second-order valence-electron chi connectivity index (χ2n) is 6.74. The number of aryl methyl sites for hydroxylation is 2. The molecule has 2 aliphatic rings. The predicted octanol–water partition coefficient (Wildman–Crippen LogP) is 2.59. The number of hydrogen-bond donors (Lipinski definition) is 1. The zero-order chi connectivity index (χ0) is 17.0. The number of rotatable bonds is 2. The summed E-state index contributed by atoms with van der Waals surface area (Å²) in [6.07, 6.45) is 3.52. The van der Waals surface area contributed by atoms with Crippen molar-refractivity contribution in [3.05, 3.63) is 16.3 Å². The largest absolute Gasteiger partial charge is 0.465 e. The van der Waals surface area contributed by atoms with Crippen LogP contribution in [0.15, 0.2) is 0 Å². The number of hydrogen-bond acceptors (Lipinski definition) is 7. The van der Waals surface area contributed by atoms with Crippen LogP contribution in [0.5, 0.6) is 0 Å². The summed E-state index contributed by atoms with van der Waals surface area (Å²) >= 11 is 1.37. The van der Waals surface area contributed by atoms with E-state index in [4.69, 9.17) is 9.72 Å². The molecule has 24 heavy (non-hydrogen) atoms. The number of carbonyl (C=O) groups excluding carboxylic acids is 1. The molecule has 6 nitrogen and oxygen atoms in total. The molecule has 0 amide bonds. The average molecular weight is 347 g/mol. The lowest BCUT2D eigenvalue weighted by atomic mass is 9.99. The van der Waals surface area contributed by atoms with Gasteiger partial charge in [0.1, 0.15) is 21.3 Å². The Morgan fingerprint density at radius 1 is 1.25 bits per heavy atom. The number of fused-ring (bicyclic) bond motifs is 3. The summed E-state index contributed by atoms with van der Waals surface area (Å²) in [4.78, 5) is 25.1. The van der Waals surface area contributed by atoms with Crippen LogP contribution in [-0.4, -0.2) is 46.3 Å². The highest BCUT2D eigenvalue weighted by atomic mass is 32.1. The molecule has 2 bridgehead atoms. The molecule has 0 aliphatic carbocycles. The Kier molecular flexibility index (Phi) is 3.73. The lowest BCUT2D eigenvalue weighted by Gasteiger charge is -2.38. The maximum atomic E-state index is 12.1. The highest BCUT2D eigenvalue weighted by Crippen LogP contribution is 2.43. The molecule has 128 valence electrons. The Bertz CT molecular complexity index is 805. The summed E-state index contributed by atoms with van der Waals surface area (Å²) < 4.78 is 4.91. The Morgan fingerprint density at radius 3 is 2.54 bits per heavy atom. The second kappa shape index (κ2) is 5.67. The Labute approximate surface area is 144 Å². The molecule has 2 atom stereocenters. The molecule has 1 N–H and O–H groups in total. The first-order chi connectivity index (χ1) is 11.5. The van der Waals surface area contributed by atoms with Crippen molar-refractivity contribution in [1.29, 1.82) is 0 Å². The maximum Gasteiger partial charge on any atom is 0.348 e. The van der Waals surface area contributed by atoms with Gasteiger partial charge in [0.2, 0.25) is 0 Å². The van der Waals surface area contributed by atoms with Crippen molar-refractivity contribution in [3.8, 4) is 0 Å². The van der Waals surface area contributed by atoms with Gasteiger partial charge in [-0.25, -0.2) is 14.8 Å². The van der Waals surface area contributed by atoms with Gasteiger partial charge in [-0.2, -0.15) is 0 Å². The molecule has 0 aromatic carbocycles. The van der Waals surface area contributed by atoms with Crippen LogP contribution in [0.1, 0.15) is 46.7 Å². The van der Waals surface area contributed by atoms with Gasteiger partial charge in [0, 0.05) is 12.1 Å². The molecule has 2 aromatic rings. The minimum Gasteiger partial charge on any atom is -0.465 e. The van der Waals surface area contributed by atoms with Crippen molar-refractivity contribution in [3.63, 3.8) is 0 Å². The number of anilines is 1. The van der Waals surface area contributed by atoms with Crippen molar-refractivity contribution in [2.45, 2.75) is 57.7 Å². The van der Waals surface area contributed by atoms with Gasteiger partial charge in [0.05, 0.1) is 18.6 Å². The molecule has 2 saturated heterocycles. The SMILES string of the molecule is COC(=O)c1sc2nc(C)nc(N3C4CCC3CC(O)C4)c2c1C. The van der Waals surface area contributed by atoms with Crippen molar-refractivity contribution in [1.82, 2.24) is 9.97 Å². The number of piperidine rings is 1. The van der Waals surface area contributed by atoms with Gasteiger partial charge in [-0.15, -0.1) is 11.3 Å². The maximum absolute atomic E-state index is 12.1. The second-order valence-corrected chi connectivity index (χ2v) is 7.74. The molecule has 4 rings (SSSR count). The number of methoxy groups -OCH3 is 1. The summed E-state index contributed by atoms with van der Waals surface area (Å²) in [6, 6.07) is 0.634. The first-order valence-electron chi connectivity index (χ1n) is 8.32. The van der Waals surface area contributed by atoms with Gasteiger partial charge < -0.3 is 14.7 Å². The number of aromatic nitrogens is 2. The zero-order valence-electron chi connectivity index (χ0n) is 14.1. The number of carbonyl (C=O) groups is 1. The van der Waals surface area contributed by atoms with Crippen molar-refractivity contribution < 1.29 is 14.6 Å².